The first kappa shape index (κ1) is 27.3. The third-order valence-electron chi connectivity index (χ3n) is 5.99. The van der Waals surface area contributed by atoms with Gasteiger partial charge in [-0.05, 0) is 48.7 Å². The van der Waals surface area contributed by atoms with E-state index in [1.54, 1.807) is 4.90 Å². The van der Waals surface area contributed by atoms with Crippen molar-refractivity contribution in [3.05, 3.63) is 47.7 Å². The molecule has 194 valence electrons. The molecular weight excluding hydrogens is 488 g/mol. The summed E-state index contributed by atoms with van der Waals surface area (Å²) in [5.74, 6) is 0.294. The monoisotopic (exact) mass is 514 g/mol. The summed E-state index contributed by atoms with van der Waals surface area (Å²) in [6.45, 7) is 1.73. The van der Waals surface area contributed by atoms with Gasteiger partial charge in [0.05, 0.1) is 44.4 Å². The normalized spacial score (nSPS) is 16.6. The van der Waals surface area contributed by atoms with Crippen LogP contribution in [0.2, 0.25) is 0 Å². The lowest BCUT2D eigenvalue weighted by molar-refractivity contribution is -0.881. The Bertz CT molecular complexity index is 1090. The van der Waals surface area contributed by atoms with Gasteiger partial charge in [-0.3, -0.25) is 4.79 Å². The molecule has 2 heterocycles. The van der Waals surface area contributed by atoms with E-state index in [-0.39, 0.29) is 35.7 Å². The highest BCUT2D eigenvalue weighted by Gasteiger charge is 2.37. The molecule has 1 aliphatic rings. The van der Waals surface area contributed by atoms with Crippen LogP contribution in [-0.4, -0.2) is 66.6 Å². The van der Waals surface area contributed by atoms with Crippen LogP contribution in [0.4, 0.5) is 32.2 Å². The molecule has 2 aromatic rings. The molecule has 0 aliphatic carbocycles. The van der Waals surface area contributed by atoms with Crippen LogP contribution in [0, 0.1) is 11.3 Å². The number of hydrogen-bond donors (Lipinski definition) is 1. The minimum atomic E-state index is -4.93. The van der Waals surface area contributed by atoms with E-state index in [0.29, 0.717) is 48.5 Å². The van der Waals surface area contributed by atoms with Crippen LogP contribution in [0.1, 0.15) is 24.0 Å². The number of nitrogens with one attached hydrogen (secondary N) is 1. The Morgan fingerprint density at radius 3 is 2.28 bits per heavy atom. The molecule has 12 heteroatoms. The maximum absolute atomic E-state index is 13.1. The van der Waals surface area contributed by atoms with Crippen LogP contribution >= 0.6 is 0 Å². The maximum Gasteiger partial charge on any atom is 0.416 e. The molecule has 0 radical (unpaired) electrons. The fraction of sp³-hybridized carbons (Fsp3) is 0.458. The molecule has 1 amide bonds. The van der Waals surface area contributed by atoms with E-state index < -0.39 is 23.5 Å². The second-order valence-corrected chi connectivity index (χ2v) is 9.35. The number of rotatable bonds is 7. The number of nitriles is 1. The highest BCUT2D eigenvalue weighted by Crippen LogP contribution is 2.38. The Labute approximate surface area is 204 Å². The molecule has 0 unspecified atom stereocenters. The number of alkyl halides is 6. The number of likely N-dealkylation sites (N-methyl/N-ethyl adjacent to an activating group) is 1. The van der Waals surface area contributed by atoms with Crippen molar-refractivity contribution >= 4 is 11.7 Å². The highest BCUT2D eigenvalue weighted by molar-refractivity contribution is 5.78. The van der Waals surface area contributed by atoms with Crippen molar-refractivity contribution in [1.82, 2.24) is 9.88 Å². The minimum Gasteiger partial charge on any atom is -0.364 e. The molecule has 0 spiro atoms. The quantitative estimate of drug-likeness (QED) is 0.426. The predicted molar refractivity (Wildman–Crippen MR) is 120 cm³/mol. The summed E-state index contributed by atoms with van der Waals surface area (Å²) in [5, 5.41) is 12.2. The van der Waals surface area contributed by atoms with Crippen molar-refractivity contribution in [2.45, 2.75) is 31.2 Å². The average molecular weight is 514 g/mol. The van der Waals surface area contributed by atoms with E-state index in [4.69, 9.17) is 0 Å². The predicted octanol–water partition coefficient (Wildman–Crippen LogP) is 4.79. The lowest BCUT2D eigenvalue weighted by Crippen LogP contribution is -2.51. The number of pyridine rings is 1. The Hall–Kier alpha value is -3.33. The number of anilines is 1. The van der Waals surface area contributed by atoms with Gasteiger partial charge in [0.2, 0.25) is 0 Å². The fourth-order valence-corrected chi connectivity index (χ4v) is 4.01. The number of likely N-dealkylation sites (tertiary alicyclic amines) is 1. The Morgan fingerprint density at radius 1 is 1.11 bits per heavy atom. The summed E-state index contributed by atoms with van der Waals surface area (Å²) in [7, 11) is 3.75. The van der Waals surface area contributed by atoms with Crippen LogP contribution in [0.25, 0.3) is 11.1 Å². The largest absolute Gasteiger partial charge is 0.416 e. The van der Waals surface area contributed by atoms with Crippen LogP contribution < -0.4 is 5.32 Å². The molecule has 1 aromatic heterocycles. The zero-order valence-corrected chi connectivity index (χ0v) is 19.7. The molecule has 3 rings (SSSR count). The van der Waals surface area contributed by atoms with Gasteiger partial charge in [0, 0.05) is 18.3 Å². The van der Waals surface area contributed by atoms with E-state index in [2.05, 4.69) is 16.4 Å². The summed E-state index contributed by atoms with van der Waals surface area (Å²) in [5.41, 5.74) is -2.92. The molecular formula is C24H26F6N5O+. The van der Waals surface area contributed by atoms with Gasteiger partial charge in [-0.2, -0.15) is 31.6 Å². The Morgan fingerprint density at radius 2 is 1.75 bits per heavy atom. The third kappa shape index (κ3) is 6.87. The second-order valence-electron chi connectivity index (χ2n) is 9.35. The SMILES string of the molecule is C[N+](C)(CCNc1ccc(-c2cc(C(F)(F)F)cc(C(F)(F)F)c2)cn1)CC(=O)N1CCC[C@H]1C#N. The fourth-order valence-electron chi connectivity index (χ4n) is 4.01. The van der Waals surface area contributed by atoms with E-state index in [0.717, 1.165) is 6.42 Å². The molecule has 1 aliphatic heterocycles. The number of hydrogen-bond acceptors (Lipinski definition) is 4. The first-order chi connectivity index (χ1) is 16.7. The van der Waals surface area contributed by atoms with Crippen molar-refractivity contribution in [3.8, 4) is 17.2 Å². The van der Waals surface area contributed by atoms with Crippen molar-refractivity contribution in [2.24, 2.45) is 0 Å². The smallest absolute Gasteiger partial charge is 0.364 e. The molecule has 1 aromatic carbocycles. The summed E-state index contributed by atoms with van der Waals surface area (Å²) < 4.78 is 79.1. The lowest BCUT2D eigenvalue weighted by atomic mass is 10.0. The standard InChI is InChI=1S/C24H26F6N5O/c1-35(2,15-22(36)34-8-3-4-20(34)13-31)9-7-32-21-6-5-16(14-33-21)17-10-18(23(25,26)27)12-19(11-17)24(28,29)30/h5-6,10-12,14,20H,3-4,7-9,15H2,1-2H3,(H,32,33)/q+1/t20-/m0/s1. The van der Waals surface area contributed by atoms with Crippen LogP contribution in [0.5, 0.6) is 0 Å². The van der Waals surface area contributed by atoms with Gasteiger partial charge < -0.3 is 14.7 Å². The number of nitrogens with zero attached hydrogens (tertiary/aromatic N) is 4. The van der Waals surface area contributed by atoms with Gasteiger partial charge in [-0.25, -0.2) is 4.98 Å². The summed E-state index contributed by atoms with van der Waals surface area (Å²) in [4.78, 5) is 18.3. The summed E-state index contributed by atoms with van der Waals surface area (Å²) >= 11 is 0. The molecule has 0 bridgehead atoms. The van der Waals surface area contributed by atoms with Gasteiger partial charge in [0.1, 0.15) is 11.9 Å². The number of quaternary nitrogens is 1. The minimum absolute atomic E-state index is 0.0851. The molecule has 0 saturated carbocycles. The van der Waals surface area contributed by atoms with E-state index in [9.17, 15) is 36.4 Å². The molecule has 36 heavy (non-hydrogen) atoms. The van der Waals surface area contributed by atoms with Crippen molar-refractivity contribution in [2.75, 3.05) is 45.6 Å². The van der Waals surface area contributed by atoms with Crippen LogP contribution in [0.15, 0.2) is 36.5 Å². The number of amides is 1. The second kappa shape index (κ2) is 10.3. The Balaban J connectivity index is 1.63. The van der Waals surface area contributed by atoms with Gasteiger partial charge >= 0.3 is 12.4 Å². The summed E-state index contributed by atoms with van der Waals surface area (Å²) in [6, 6.07) is 6.03. The van der Waals surface area contributed by atoms with Crippen molar-refractivity contribution in [3.63, 3.8) is 0 Å². The lowest BCUT2D eigenvalue weighted by Gasteiger charge is -2.31. The topological polar surface area (TPSA) is 69.0 Å². The van der Waals surface area contributed by atoms with Gasteiger partial charge in [-0.1, -0.05) is 0 Å². The molecule has 1 atom stereocenters. The van der Waals surface area contributed by atoms with E-state index >= 15 is 0 Å². The molecule has 6 nitrogen and oxygen atoms in total. The van der Waals surface area contributed by atoms with Crippen LogP contribution in [-0.2, 0) is 17.1 Å². The van der Waals surface area contributed by atoms with Crippen LogP contribution in [0.3, 0.4) is 0 Å². The molecule has 1 fully saturated rings. The number of carbonyl (C=O) groups excluding carboxylic acids is 1. The first-order valence-corrected chi connectivity index (χ1v) is 11.2. The number of aromatic nitrogens is 1. The maximum atomic E-state index is 13.1. The highest BCUT2D eigenvalue weighted by atomic mass is 19.4. The average Bonchev–Trinajstić information content (AvgIpc) is 3.27. The van der Waals surface area contributed by atoms with Gasteiger partial charge in [-0.15, -0.1) is 0 Å². The number of halogens is 6. The number of benzene rings is 1. The zero-order chi connectivity index (χ0) is 26.7. The first-order valence-electron chi connectivity index (χ1n) is 11.2. The number of carbonyl (C=O) groups is 1. The Kier molecular flexibility index (Phi) is 7.83. The zero-order valence-electron chi connectivity index (χ0n) is 19.7. The van der Waals surface area contributed by atoms with E-state index in [1.807, 2.05) is 14.1 Å². The van der Waals surface area contributed by atoms with E-state index in [1.165, 1.54) is 18.3 Å². The third-order valence-corrected chi connectivity index (χ3v) is 5.99. The van der Waals surface area contributed by atoms with Gasteiger partial charge in [0.15, 0.2) is 6.54 Å². The molecule has 1 N–H and O–H groups in total. The van der Waals surface area contributed by atoms with Gasteiger partial charge in [0.25, 0.3) is 5.91 Å². The van der Waals surface area contributed by atoms with Crippen molar-refractivity contribution in [1.29, 1.82) is 5.26 Å². The molecule has 1 saturated heterocycles. The van der Waals surface area contributed by atoms with Crippen molar-refractivity contribution < 1.29 is 35.6 Å². The summed E-state index contributed by atoms with van der Waals surface area (Å²) in [6.07, 6.45) is -7.17.